The first kappa shape index (κ1) is 15.2. The van der Waals surface area contributed by atoms with Gasteiger partial charge in [-0.1, -0.05) is 35.5 Å². The van der Waals surface area contributed by atoms with E-state index in [1.165, 1.54) is 0 Å². The van der Waals surface area contributed by atoms with Gasteiger partial charge in [-0.25, -0.2) is 13.1 Å². The van der Waals surface area contributed by atoms with Crippen LogP contribution in [0, 0.1) is 0 Å². The van der Waals surface area contributed by atoms with Crippen molar-refractivity contribution in [3.63, 3.8) is 0 Å². The SMILES string of the molecule is O=S(=O)(Cc1noc2ccccc12)NCC1Cc2ccccc2O1. The van der Waals surface area contributed by atoms with E-state index in [1.807, 2.05) is 36.4 Å². The van der Waals surface area contributed by atoms with Crippen LogP contribution in [0.5, 0.6) is 5.75 Å². The Balaban J connectivity index is 1.41. The van der Waals surface area contributed by atoms with Gasteiger partial charge in [-0.3, -0.25) is 0 Å². The summed E-state index contributed by atoms with van der Waals surface area (Å²) in [5.74, 6) is 0.605. The average Bonchev–Trinajstić information content (AvgIpc) is 3.17. The van der Waals surface area contributed by atoms with Crippen LogP contribution in [0.2, 0.25) is 0 Å². The minimum absolute atomic E-state index is 0.189. The van der Waals surface area contributed by atoms with Crippen LogP contribution < -0.4 is 9.46 Å². The molecule has 6 nitrogen and oxygen atoms in total. The van der Waals surface area contributed by atoms with Gasteiger partial charge in [0.05, 0.1) is 0 Å². The Morgan fingerprint density at radius 1 is 1.12 bits per heavy atom. The number of hydrogen-bond donors (Lipinski definition) is 1. The van der Waals surface area contributed by atoms with E-state index in [-0.39, 0.29) is 18.4 Å². The second-order valence-electron chi connectivity index (χ2n) is 5.78. The number of fused-ring (bicyclic) bond motifs is 2. The Hall–Kier alpha value is -2.38. The van der Waals surface area contributed by atoms with Crippen LogP contribution in [0.15, 0.2) is 53.1 Å². The highest BCUT2D eigenvalue weighted by Crippen LogP contribution is 2.28. The van der Waals surface area contributed by atoms with Crippen molar-refractivity contribution in [3.05, 3.63) is 59.8 Å². The van der Waals surface area contributed by atoms with Crippen LogP contribution in [0.4, 0.5) is 0 Å². The Labute approximate surface area is 139 Å². The molecular formula is C17H16N2O4S. The first-order valence-corrected chi connectivity index (χ1v) is 9.31. The number of hydrogen-bond acceptors (Lipinski definition) is 5. The number of aromatic nitrogens is 1. The Morgan fingerprint density at radius 2 is 1.92 bits per heavy atom. The molecule has 1 aliphatic heterocycles. The number of sulfonamides is 1. The molecule has 7 heteroatoms. The first-order valence-electron chi connectivity index (χ1n) is 7.66. The minimum atomic E-state index is -3.52. The highest BCUT2D eigenvalue weighted by atomic mass is 32.2. The van der Waals surface area contributed by atoms with Crippen LogP contribution in [0.25, 0.3) is 11.0 Å². The second kappa shape index (κ2) is 5.92. The summed E-state index contributed by atoms with van der Waals surface area (Å²) >= 11 is 0. The maximum absolute atomic E-state index is 12.3. The lowest BCUT2D eigenvalue weighted by Crippen LogP contribution is -2.35. The fraction of sp³-hybridized carbons (Fsp3) is 0.235. The molecule has 0 spiro atoms. The zero-order chi connectivity index (χ0) is 16.6. The Morgan fingerprint density at radius 3 is 2.79 bits per heavy atom. The third-order valence-corrected chi connectivity index (χ3v) is 5.28. The largest absolute Gasteiger partial charge is 0.488 e. The molecule has 24 heavy (non-hydrogen) atoms. The summed E-state index contributed by atoms with van der Waals surface area (Å²) in [5, 5.41) is 4.58. The predicted molar refractivity (Wildman–Crippen MR) is 89.2 cm³/mol. The van der Waals surface area contributed by atoms with Gasteiger partial charge in [-0.2, -0.15) is 0 Å². The van der Waals surface area contributed by atoms with E-state index >= 15 is 0 Å². The number of nitrogens with zero attached hydrogens (tertiary/aromatic N) is 1. The number of nitrogens with one attached hydrogen (secondary N) is 1. The lowest BCUT2D eigenvalue weighted by atomic mass is 10.1. The van der Waals surface area contributed by atoms with Crippen LogP contribution in [-0.4, -0.2) is 26.2 Å². The van der Waals surface area contributed by atoms with Gasteiger partial charge in [0, 0.05) is 18.4 Å². The van der Waals surface area contributed by atoms with Crippen LogP contribution >= 0.6 is 0 Å². The molecule has 0 bridgehead atoms. The van der Waals surface area contributed by atoms with Crippen molar-refractivity contribution in [2.24, 2.45) is 0 Å². The number of benzene rings is 2. The summed E-state index contributed by atoms with van der Waals surface area (Å²) in [6.45, 7) is 0.229. The molecule has 1 aliphatic rings. The minimum Gasteiger partial charge on any atom is -0.488 e. The molecule has 0 aliphatic carbocycles. The van der Waals surface area contributed by atoms with Crippen molar-refractivity contribution in [3.8, 4) is 5.75 Å². The molecule has 3 aromatic rings. The quantitative estimate of drug-likeness (QED) is 0.768. The average molecular weight is 344 g/mol. The molecule has 0 radical (unpaired) electrons. The summed E-state index contributed by atoms with van der Waals surface area (Å²) in [5.41, 5.74) is 2.09. The molecule has 124 valence electrons. The van der Waals surface area contributed by atoms with E-state index < -0.39 is 10.0 Å². The standard InChI is InChI=1S/C17H16N2O4S/c20-24(21,11-15-14-6-2-4-8-17(14)23-19-15)18-10-13-9-12-5-1-3-7-16(12)22-13/h1-8,13,18H,9-11H2. The number of ether oxygens (including phenoxy) is 1. The zero-order valence-corrected chi connectivity index (χ0v) is 13.6. The fourth-order valence-electron chi connectivity index (χ4n) is 2.86. The maximum Gasteiger partial charge on any atom is 0.217 e. The van der Waals surface area contributed by atoms with E-state index in [0.29, 0.717) is 23.1 Å². The van der Waals surface area contributed by atoms with E-state index in [4.69, 9.17) is 9.26 Å². The third-order valence-electron chi connectivity index (χ3n) is 4.02. The summed E-state index contributed by atoms with van der Waals surface area (Å²) in [4.78, 5) is 0. The molecule has 1 N–H and O–H groups in total. The third kappa shape index (κ3) is 3.00. The molecule has 0 fully saturated rings. The number of rotatable bonds is 5. The second-order valence-corrected chi connectivity index (χ2v) is 7.59. The van der Waals surface area contributed by atoms with E-state index in [1.54, 1.807) is 12.1 Å². The van der Waals surface area contributed by atoms with Gasteiger partial charge < -0.3 is 9.26 Å². The van der Waals surface area contributed by atoms with Crippen molar-refractivity contribution in [2.75, 3.05) is 6.54 Å². The van der Waals surface area contributed by atoms with Crippen LogP contribution in [0.3, 0.4) is 0 Å². The van der Waals surface area contributed by atoms with E-state index in [0.717, 1.165) is 11.3 Å². The van der Waals surface area contributed by atoms with Crippen molar-refractivity contribution in [1.29, 1.82) is 0 Å². The highest BCUT2D eigenvalue weighted by molar-refractivity contribution is 7.88. The van der Waals surface area contributed by atoms with E-state index in [2.05, 4.69) is 9.88 Å². The Bertz CT molecular complexity index is 956. The molecule has 0 saturated heterocycles. The molecule has 0 saturated carbocycles. The summed E-state index contributed by atoms with van der Waals surface area (Å²) in [6.07, 6.45) is 0.511. The summed E-state index contributed by atoms with van der Waals surface area (Å²) in [7, 11) is -3.52. The van der Waals surface area contributed by atoms with Gasteiger partial charge in [-0.05, 0) is 23.8 Å². The lowest BCUT2D eigenvalue weighted by Gasteiger charge is -2.11. The predicted octanol–water partition coefficient (Wildman–Crippen LogP) is 2.25. The van der Waals surface area contributed by atoms with Crippen LogP contribution in [0.1, 0.15) is 11.3 Å². The normalized spacial score (nSPS) is 16.9. The van der Waals surface area contributed by atoms with Crippen molar-refractivity contribution < 1.29 is 17.7 Å². The van der Waals surface area contributed by atoms with Gasteiger partial charge in [0.15, 0.2) is 5.58 Å². The zero-order valence-electron chi connectivity index (χ0n) is 12.8. The topological polar surface area (TPSA) is 81.4 Å². The monoisotopic (exact) mass is 344 g/mol. The van der Waals surface area contributed by atoms with Gasteiger partial charge in [0.25, 0.3) is 0 Å². The molecule has 2 aromatic carbocycles. The van der Waals surface area contributed by atoms with Crippen molar-refractivity contribution >= 4 is 21.0 Å². The van der Waals surface area contributed by atoms with Gasteiger partial charge in [0.2, 0.25) is 10.0 Å². The van der Waals surface area contributed by atoms with Crippen molar-refractivity contribution in [2.45, 2.75) is 18.3 Å². The molecule has 1 aromatic heterocycles. The molecule has 1 unspecified atom stereocenters. The molecule has 2 heterocycles. The fourth-order valence-corrected chi connectivity index (χ4v) is 3.97. The Kier molecular flexibility index (Phi) is 3.74. The number of para-hydroxylation sites is 2. The van der Waals surface area contributed by atoms with Gasteiger partial charge in [-0.15, -0.1) is 0 Å². The van der Waals surface area contributed by atoms with E-state index in [9.17, 15) is 8.42 Å². The van der Waals surface area contributed by atoms with Gasteiger partial charge in [0.1, 0.15) is 23.3 Å². The molecule has 1 atom stereocenters. The van der Waals surface area contributed by atoms with Gasteiger partial charge >= 0.3 is 0 Å². The first-order chi connectivity index (χ1) is 11.6. The summed E-state index contributed by atoms with van der Waals surface area (Å²) < 4.78 is 38.1. The molecule has 4 rings (SSSR count). The van der Waals surface area contributed by atoms with Crippen molar-refractivity contribution in [1.82, 2.24) is 9.88 Å². The lowest BCUT2D eigenvalue weighted by molar-refractivity contribution is 0.236. The molecule has 0 amide bonds. The molecular weight excluding hydrogens is 328 g/mol. The smallest absolute Gasteiger partial charge is 0.217 e. The highest BCUT2D eigenvalue weighted by Gasteiger charge is 2.25. The summed E-state index contributed by atoms with van der Waals surface area (Å²) in [6, 6.07) is 14.9. The maximum atomic E-state index is 12.3. The van der Waals surface area contributed by atoms with Crippen LogP contribution in [-0.2, 0) is 22.2 Å².